The molecule has 0 aliphatic carbocycles. The molecule has 0 radical (unpaired) electrons. The van der Waals surface area contributed by atoms with Crippen molar-refractivity contribution in [2.24, 2.45) is 0 Å². The van der Waals surface area contributed by atoms with Crippen molar-refractivity contribution >= 4 is 15.7 Å². The number of benzene rings is 1. The average molecular weight is 417 g/mol. The average Bonchev–Trinajstić information content (AvgIpc) is 2.91. The Morgan fingerprint density at radius 3 is 2.41 bits per heavy atom. The molecule has 3 aromatic rings. The van der Waals surface area contributed by atoms with Crippen molar-refractivity contribution in [1.82, 2.24) is 18.5 Å². The molecule has 0 N–H and O–H groups in total. The molecule has 0 bridgehead atoms. The van der Waals surface area contributed by atoms with Crippen molar-refractivity contribution in [3.63, 3.8) is 0 Å². The number of fused-ring (bicyclic) bond motifs is 1. The molecule has 4 rings (SSSR count). The van der Waals surface area contributed by atoms with Crippen LogP contribution in [0.1, 0.15) is 25.7 Å². The molecular weight excluding hydrogens is 392 g/mol. The molecule has 9 heteroatoms. The van der Waals surface area contributed by atoms with Crippen molar-refractivity contribution in [2.75, 3.05) is 19.7 Å². The van der Waals surface area contributed by atoms with Gasteiger partial charge in [-0.2, -0.15) is 4.31 Å². The third-order valence-electron chi connectivity index (χ3n) is 5.07. The van der Waals surface area contributed by atoms with Gasteiger partial charge in [0, 0.05) is 19.3 Å². The first kappa shape index (κ1) is 19.7. The first-order valence-electron chi connectivity index (χ1n) is 9.83. The minimum atomic E-state index is -3.63. The zero-order chi connectivity index (χ0) is 20.3. The lowest BCUT2D eigenvalue weighted by atomic mass is 10.2. The molecule has 1 aliphatic heterocycles. The summed E-state index contributed by atoms with van der Waals surface area (Å²) in [5, 5.41) is 4.27. The van der Waals surface area contributed by atoms with Gasteiger partial charge < -0.3 is 4.74 Å². The van der Waals surface area contributed by atoms with Crippen LogP contribution in [0.25, 0.3) is 5.65 Å². The Morgan fingerprint density at radius 1 is 0.966 bits per heavy atom. The fourth-order valence-electron chi connectivity index (χ4n) is 3.49. The molecule has 0 spiro atoms. The zero-order valence-corrected chi connectivity index (χ0v) is 16.9. The normalized spacial score (nSPS) is 16.0. The molecule has 0 unspecified atom stereocenters. The molecule has 29 heavy (non-hydrogen) atoms. The Hall–Kier alpha value is -2.65. The van der Waals surface area contributed by atoms with E-state index in [1.165, 1.54) is 25.7 Å². The molecule has 0 amide bonds. The molecule has 1 aromatic carbocycles. The van der Waals surface area contributed by atoms with E-state index in [0.717, 1.165) is 31.4 Å². The van der Waals surface area contributed by atoms with E-state index < -0.39 is 10.0 Å². The minimum Gasteiger partial charge on any atom is -0.492 e. The molecule has 154 valence electrons. The highest BCUT2D eigenvalue weighted by atomic mass is 32.2. The van der Waals surface area contributed by atoms with Gasteiger partial charge in [0.15, 0.2) is 5.65 Å². The van der Waals surface area contributed by atoms with Crippen LogP contribution in [-0.4, -0.2) is 46.6 Å². The maximum Gasteiger partial charge on any atom is 0.350 e. The highest BCUT2D eigenvalue weighted by Gasteiger charge is 2.26. The summed E-state index contributed by atoms with van der Waals surface area (Å²) in [6.07, 6.45) is 5.19. The Bertz CT molecular complexity index is 1130. The van der Waals surface area contributed by atoms with Gasteiger partial charge in [-0.1, -0.05) is 31.0 Å². The predicted octanol–water partition coefficient (Wildman–Crippen LogP) is 2.14. The van der Waals surface area contributed by atoms with E-state index in [4.69, 9.17) is 4.74 Å². The van der Waals surface area contributed by atoms with E-state index in [2.05, 4.69) is 5.10 Å². The molecule has 2 aromatic heterocycles. The van der Waals surface area contributed by atoms with Crippen LogP contribution in [0.4, 0.5) is 0 Å². The van der Waals surface area contributed by atoms with Gasteiger partial charge in [-0.3, -0.25) is 0 Å². The third kappa shape index (κ3) is 4.20. The first-order valence-corrected chi connectivity index (χ1v) is 11.3. The maximum absolute atomic E-state index is 13.0. The second-order valence-corrected chi connectivity index (χ2v) is 9.02. The van der Waals surface area contributed by atoms with Gasteiger partial charge in [-0.05, 0) is 37.1 Å². The van der Waals surface area contributed by atoms with E-state index in [0.29, 0.717) is 18.7 Å². The summed E-state index contributed by atoms with van der Waals surface area (Å²) >= 11 is 0. The molecular formula is C20H24N4O4S. The Kier molecular flexibility index (Phi) is 5.68. The van der Waals surface area contributed by atoms with E-state index in [1.807, 2.05) is 30.3 Å². The monoisotopic (exact) mass is 416 g/mol. The summed E-state index contributed by atoms with van der Waals surface area (Å²) < 4.78 is 35.7. The van der Waals surface area contributed by atoms with E-state index in [9.17, 15) is 13.2 Å². The fraction of sp³-hybridized carbons (Fsp3) is 0.400. The van der Waals surface area contributed by atoms with Crippen molar-refractivity contribution in [3.8, 4) is 5.75 Å². The van der Waals surface area contributed by atoms with Crippen LogP contribution in [0.15, 0.2) is 58.4 Å². The zero-order valence-electron chi connectivity index (χ0n) is 16.1. The van der Waals surface area contributed by atoms with Gasteiger partial charge in [0.1, 0.15) is 12.4 Å². The summed E-state index contributed by atoms with van der Waals surface area (Å²) in [7, 11) is -3.63. The standard InChI is InChI=1S/C20H24N4O4S/c25-20-23-16-18(29(26,27)22-12-6-1-2-7-13-22)10-11-19(23)21-24(20)14-15-28-17-8-4-3-5-9-17/h3-5,8-11,16H,1-2,6-7,12-15H2. The van der Waals surface area contributed by atoms with Crippen molar-refractivity contribution in [1.29, 1.82) is 0 Å². The number of hydrogen-bond acceptors (Lipinski definition) is 5. The number of rotatable bonds is 6. The summed E-state index contributed by atoms with van der Waals surface area (Å²) in [6, 6.07) is 12.4. The molecule has 0 atom stereocenters. The van der Waals surface area contributed by atoms with Crippen LogP contribution in [0.3, 0.4) is 0 Å². The number of sulfonamides is 1. The number of ether oxygens (including phenoxy) is 1. The van der Waals surface area contributed by atoms with Gasteiger partial charge in [-0.15, -0.1) is 5.10 Å². The van der Waals surface area contributed by atoms with E-state index in [-0.39, 0.29) is 23.7 Å². The highest BCUT2D eigenvalue weighted by molar-refractivity contribution is 7.89. The maximum atomic E-state index is 13.0. The SMILES string of the molecule is O=c1n(CCOc2ccccc2)nc2ccc(S(=O)(=O)N3CCCCCC3)cn12. The van der Waals surface area contributed by atoms with Crippen LogP contribution in [-0.2, 0) is 16.6 Å². The number of hydrogen-bond donors (Lipinski definition) is 0. The lowest BCUT2D eigenvalue weighted by Crippen LogP contribution is -2.32. The van der Waals surface area contributed by atoms with Gasteiger partial charge in [-0.25, -0.2) is 22.3 Å². The van der Waals surface area contributed by atoms with E-state index >= 15 is 0 Å². The predicted molar refractivity (Wildman–Crippen MR) is 109 cm³/mol. The second-order valence-electron chi connectivity index (χ2n) is 7.08. The molecule has 8 nitrogen and oxygen atoms in total. The molecule has 3 heterocycles. The quantitative estimate of drug-likeness (QED) is 0.615. The Labute approximate surface area is 169 Å². The number of para-hydroxylation sites is 1. The summed E-state index contributed by atoms with van der Waals surface area (Å²) in [5.41, 5.74) is 0.0223. The van der Waals surface area contributed by atoms with Crippen LogP contribution in [0.2, 0.25) is 0 Å². The Balaban J connectivity index is 1.55. The second kappa shape index (κ2) is 8.38. The Morgan fingerprint density at radius 2 is 1.69 bits per heavy atom. The number of nitrogens with zero attached hydrogens (tertiary/aromatic N) is 4. The van der Waals surface area contributed by atoms with Crippen molar-refractivity contribution in [2.45, 2.75) is 37.1 Å². The molecule has 1 saturated heterocycles. The third-order valence-corrected chi connectivity index (χ3v) is 6.95. The summed E-state index contributed by atoms with van der Waals surface area (Å²) in [4.78, 5) is 12.8. The van der Waals surface area contributed by atoms with Crippen LogP contribution in [0.5, 0.6) is 5.75 Å². The topological polar surface area (TPSA) is 85.9 Å². The lowest BCUT2D eigenvalue weighted by Gasteiger charge is -2.19. The molecule has 1 fully saturated rings. The minimum absolute atomic E-state index is 0.120. The van der Waals surface area contributed by atoms with Crippen LogP contribution in [0, 0.1) is 0 Å². The highest BCUT2D eigenvalue weighted by Crippen LogP contribution is 2.20. The number of pyridine rings is 1. The van der Waals surface area contributed by atoms with E-state index in [1.54, 1.807) is 6.07 Å². The van der Waals surface area contributed by atoms with Crippen molar-refractivity contribution < 1.29 is 13.2 Å². The molecule has 1 aliphatic rings. The van der Waals surface area contributed by atoms with Crippen LogP contribution < -0.4 is 10.4 Å². The molecule has 0 saturated carbocycles. The van der Waals surface area contributed by atoms with Crippen molar-refractivity contribution in [3.05, 3.63) is 59.1 Å². The van der Waals surface area contributed by atoms with Gasteiger partial charge in [0.2, 0.25) is 10.0 Å². The van der Waals surface area contributed by atoms with Gasteiger partial charge >= 0.3 is 5.69 Å². The first-order chi connectivity index (χ1) is 14.1. The summed E-state index contributed by atoms with van der Waals surface area (Å²) in [6.45, 7) is 1.59. The smallest absolute Gasteiger partial charge is 0.350 e. The van der Waals surface area contributed by atoms with Gasteiger partial charge in [0.05, 0.1) is 11.4 Å². The van der Waals surface area contributed by atoms with Crippen LogP contribution >= 0.6 is 0 Å². The fourth-order valence-corrected chi connectivity index (χ4v) is 5.01. The number of aromatic nitrogens is 3. The lowest BCUT2D eigenvalue weighted by molar-refractivity contribution is 0.289. The van der Waals surface area contributed by atoms with Gasteiger partial charge in [0.25, 0.3) is 0 Å². The largest absolute Gasteiger partial charge is 0.492 e. The summed E-state index contributed by atoms with van der Waals surface area (Å²) in [5.74, 6) is 0.718.